The van der Waals surface area contributed by atoms with Crippen molar-refractivity contribution in [3.8, 4) is 0 Å². The van der Waals surface area contributed by atoms with E-state index in [0.717, 1.165) is 5.56 Å². The summed E-state index contributed by atoms with van der Waals surface area (Å²) in [5.74, 6) is -0.304. The van der Waals surface area contributed by atoms with Gasteiger partial charge < -0.3 is 11.5 Å². The van der Waals surface area contributed by atoms with Crippen LogP contribution < -0.4 is 11.5 Å². The molecule has 1 unspecified atom stereocenters. The number of primary amides is 1. The van der Waals surface area contributed by atoms with Gasteiger partial charge in [0.05, 0.1) is 21.4 Å². The first-order valence-corrected chi connectivity index (χ1v) is 7.43. The normalized spacial score (nSPS) is 12.1. The summed E-state index contributed by atoms with van der Waals surface area (Å²) < 4.78 is 12.4. The van der Waals surface area contributed by atoms with Crippen LogP contribution in [0.4, 0.5) is 5.69 Å². The van der Waals surface area contributed by atoms with Crippen LogP contribution in [0.3, 0.4) is 0 Å². The maximum Gasteiger partial charge on any atom is 0.249 e. The van der Waals surface area contributed by atoms with Crippen LogP contribution in [0.1, 0.15) is 21.5 Å². The average molecular weight is 288 g/mol. The molecule has 104 valence electrons. The van der Waals surface area contributed by atoms with E-state index in [9.17, 15) is 9.00 Å². The molecule has 1 amide bonds. The Morgan fingerprint density at radius 2 is 1.90 bits per heavy atom. The first kappa shape index (κ1) is 14.3. The molecule has 0 spiro atoms. The Morgan fingerprint density at radius 1 is 1.20 bits per heavy atom. The van der Waals surface area contributed by atoms with E-state index in [1.807, 2.05) is 13.0 Å². The summed E-state index contributed by atoms with van der Waals surface area (Å²) in [6.07, 6.45) is 0. The molecule has 0 saturated carbocycles. The van der Waals surface area contributed by atoms with Crippen molar-refractivity contribution in [2.24, 2.45) is 5.73 Å². The molecule has 1 atom stereocenters. The van der Waals surface area contributed by atoms with Crippen molar-refractivity contribution < 1.29 is 9.00 Å². The molecular weight excluding hydrogens is 272 g/mol. The van der Waals surface area contributed by atoms with Gasteiger partial charge in [-0.2, -0.15) is 0 Å². The standard InChI is InChI=1S/C15H16N2O2S/c1-10-6-7-14(13(16)8-10)20(19)9-11-4-2-3-5-12(11)15(17)18/h2-8H,9,16H2,1H3,(H2,17,18). The predicted octanol–water partition coefficient (Wildman–Crippen LogP) is 1.98. The number of carbonyl (C=O) groups is 1. The molecule has 2 aromatic rings. The van der Waals surface area contributed by atoms with Crippen LogP contribution in [0.25, 0.3) is 0 Å². The SMILES string of the molecule is Cc1ccc(S(=O)Cc2ccccc2C(N)=O)c(N)c1. The third-order valence-corrected chi connectivity index (χ3v) is 4.42. The molecular formula is C15H16N2O2S. The van der Waals surface area contributed by atoms with Crippen molar-refractivity contribution in [3.05, 3.63) is 59.2 Å². The molecule has 0 aliphatic carbocycles. The van der Waals surface area contributed by atoms with Gasteiger partial charge in [-0.25, -0.2) is 0 Å². The minimum Gasteiger partial charge on any atom is -0.398 e. The molecule has 0 aliphatic heterocycles. The zero-order chi connectivity index (χ0) is 14.7. The number of anilines is 1. The van der Waals surface area contributed by atoms with Gasteiger partial charge in [0.1, 0.15) is 0 Å². The lowest BCUT2D eigenvalue weighted by atomic mass is 10.1. The smallest absolute Gasteiger partial charge is 0.249 e. The van der Waals surface area contributed by atoms with Gasteiger partial charge in [0, 0.05) is 11.3 Å². The summed E-state index contributed by atoms with van der Waals surface area (Å²) in [6.45, 7) is 1.92. The number of nitrogens with two attached hydrogens (primary N) is 2. The molecule has 4 nitrogen and oxygen atoms in total. The molecule has 2 rings (SSSR count). The highest BCUT2D eigenvalue weighted by molar-refractivity contribution is 7.84. The molecule has 5 heteroatoms. The van der Waals surface area contributed by atoms with E-state index in [1.165, 1.54) is 0 Å². The highest BCUT2D eigenvalue weighted by Crippen LogP contribution is 2.21. The lowest BCUT2D eigenvalue weighted by Gasteiger charge is -2.09. The van der Waals surface area contributed by atoms with Gasteiger partial charge in [-0.1, -0.05) is 24.3 Å². The number of hydrogen-bond acceptors (Lipinski definition) is 3. The fourth-order valence-corrected chi connectivity index (χ4v) is 3.21. The first-order chi connectivity index (χ1) is 9.49. The van der Waals surface area contributed by atoms with Crippen LogP contribution in [-0.4, -0.2) is 10.1 Å². The fraction of sp³-hybridized carbons (Fsp3) is 0.133. The zero-order valence-electron chi connectivity index (χ0n) is 11.1. The molecule has 20 heavy (non-hydrogen) atoms. The molecule has 0 bridgehead atoms. The molecule has 0 aliphatic rings. The van der Waals surface area contributed by atoms with Gasteiger partial charge in [-0.05, 0) is 36.2 Å². The summed E-state index contributed by atoms with van der Waals surface area (Å²) in [7, 11) is -1.31. The molecule has 2 aromatic carbocycles. The van der Waals surface area contributed by atoms with Crippen LogP contribution in [0, 0.1) is 6.92 Å². The lowest BCUT2D eigenvalue weighted by molar-refractivity contribution is 0.0999. The van der Waals surface area contributed by atoms with Crippen LogP contribution in [0.2, 0.25) is 0 Å². The number of carbonyl (C=O) groups excluding carboxylic acids is 1. The monoisotopic (exact) mass is 288 g/mol. The second kappa shape index (κ2) is 5.88. The van der Waals surface area contributed by atoms with E-state index in [-0.39, 0.29) is 5.75 Å². The minimum absolute atomic E-state index is 0.215. The first-order valence-electron chi connectivity index (χ1n) is 6.11. The molecule has 0 fully saturated rings. The number of aryl methyl sites for hydroxylation is 1. The van der Waals surface area contributed by atoms with Gasteiger partial charge in [-0.3, -0.25) is 9.00 Å². The summed E-state index contributed by atoms with van der Waals surface area (Å²) in [4.78, 5) is 11.9. The third kappa shape index (κ3) is 3.05. The Bertz CT molecular complexity index is 683. The second-order valence-electron chi connectivity index (χ2n) is 4.55. The van der Waals surface area contributed by atoms with E-state index in [2.05, 4.69) is 0 Å². The van der Waals surface area contributed by atoms with Crippen LogP contribution >= 0.6 is 0 Å². The summed E-state index contributed by atoms with van der Waals surface area (Å²) in [5.41, 5.74) is 13.8. The van der Waals surface area contributed by atoms with Crippen LogP contribution in [-0.2, 0) is 16.6 Å². The zero-order valence-corrected chi connectivity index (χ0v) is 11.9. The van der Waals surface area contributed by atoms with Crippen molar-refractivity contribution in [1.82, 2.24) is 0 Å². The lowest BCUT2D eigenvalue weighted by Crippen LogP contribution is -2.14. The Hall–Kier alpha value is -2.14. The predicted molar refractivity (Wildman–Crippen MR) is 80.7 cm³/mol. The van der Waals surface area contributed by atoms with Gasteiger partial charge >= 0.3 is 0 Å². The van der Waals surface area contributed by atoms with Crippen molar-refractivity contribution in [2.45, 2.75) is 17.6 Å². The maximum atomic E-state index is 12.4. The van der Waals surface area contributed by atoms with Gasteiger partial charge in [-0.15, -0.1) is 0 Å². The van der Waals surface area contributed by atoms with Crippen molar-refractivity contribution in [1.29, 1.82) is 0 Å². The molecule has 4 N–H and O–H groups in total. The van der Waals surface area contributed by atoms with Crippen LogP contribution in [0.15, 0.2) is 47.4 Å². The largest absolute Gasteiger partial charge is 0.398 e. The Balaban J connectivity index is 2.30. The van der Waals surface area contributed by atoms with Crippen molar-refractivity contribution in [2.75, 3.05) is 5.73 Å². The fourth-order valence-electron chi connectivity index (χ4n) is 1.98. The average Bonchev–Trinajstić information content (AvgIpc) is 2.38. The van der Waals surface area contributed by atoms with Crippen molar-refractivity contribution >= 4 is 22.4 Å². The molecule has 0 aromatic heterocycles. The van der Waals surface area contributed by atoms with Gasteiger partial charge in [0.25, 0.3) is 0 Å². The van der Waals surface area contributed by atoms with Crippen molar-refractivity contribution in [3.63, 3.8) is 0 Å². The summed E-state index contributed by atoms with van der Waals surface area (Å²) in [6, 6.07) is 12.3. The Kier molecular flexibility index (Phi) is 4.20. The Labute approximate surface area is 120 Å². The van der Waals surface area contributed by atoms with Crippen LogP contribution in [0.5, 0.6) is 0 Å². The number of nitrogen functional groups attached to an aromatic ring is 1. The van der Waals surface area contributed by atoms with Gasteiger partial charge in [0.15, 0.2) is 0 Å². The summed E-state index contributed by atoms with van der Waals surface area (Å²) in [5, 5.41) is 0. The quantitative estimate of drug-likeness (QED) is 0.843. The van der Waals surface area contributed by atoms with E-state index in [0.29, 0.717) is 21.7 Å². The van der Waals surface area contributed by atoms with E-state index in [1.54, 1.807) is 36.4 Å². The highest BCUT2D eigenvalue weighted by atomic mass is 32.2. The van der Waals surface area contributed by atoms with E-state index < -0.39 is 16.7 Å². The maximum absolute atomic E-state index is 12.4. The van der Waals surface area contributed by atoms with E-state index >= 15 is 0 Å². The Morgan fingerprint density at radius 3 is 2.55 bits per heavy atom. The number of benzene rings is 2. The number of rotatable bonds is 4. The summed E-state index contributed by atoms with van der Waals surface area (Å²) >= 11 is 0. The molecule has 0 saturated heterocycles. The topological polar surface area (TPSA) is 86.2 Å². The second-order valence-corrected chi connectivity index (χ2v) is 5.97. The number of hydrogen-bond donors (Lipinski definition) is 2. The molecule has 0 radical (unpaired) electrons. The highest BCUT2D eigenvalue weighted by Gasteiger charge is 2.13. The molecule has 0 heterocycles. The minimum atomic E-state index is -1.31. The van der Waals surface area contributed by atoms with Gasteiger partial charge in [0.2, 0.25) is 5.91 Å². The third-order valence-electron chi connectivity index (χ3n) is 2.98. The van der Waals surface area contributed by atoms with E-state index in [4.69, 9.17) is 11.5 Å². The number of amides is 1.